The van der Waals surface area contributed by atoms with Gasteiger partial charge in [0, 0.05) is 51.2 Å². The van der Waals surface area contributed by atoms with Gasteiger partial charge in [-0.1, -0.05) is 26.7 Å². The lowest BCUT2D eigenvalue weighted by Crippen LogP contribution is -2.49. The molecule has 1 saturated heterocycles. The zero-order valence-corrected chi connectivity index (χ0v) is 18.7. The summed E-state index contributed by atoms with van der Waals surface area (Å²) in [5, 5.41) is 9.54. The molecule has 1 aliphatic heterocycles. The maximum atomic E-state index is 12.1. The molecular weight excluding hydrogens is 380 g/mol. The van der Waals surface area contributed by atoms with E-state index in [0.717, 1.165) is 58.2 Å². The second kappa shape index (κ2) is 13.9. The molecule has 1 amide bonds. The standard InChI is InChI=1S/C22H38N6O2/c1-4-18(5-2)20(28-12-14-30-15-13-28)17-27-22(24-6-3)26-11-10-25-21(29)19-8-7-9-23-16-19/h7-9,16,18,20H,4-6,10-15,17H2,1-3H3,(H,25,29)(H2,24,26,27). The van der Waals surface area contributed by atoms with Crippen molar-refractivity contribution in [2.45, 2.75) is 39.7 Å². The van der Waals surface area contributed by atoms with Crippen molar-refractivity contribution < 1.29 is 9.53 Å². The van der Waals surface area contributed by atoms with Crippen LogP contribution < -0.4 is 16.0 Å². The van der Waals surface area contributed by atoms with Crippen LogP contribution in [0.25, 0.3) is 0 Å². The van der Waals surface area contributed by atoms with Crippen molar-refractivity contribution in [1.29, 1.82) is 0 Å². The van der Waals surface area contributed by atoms with Crippen LogP contribution in [0.15, 0.2) is 29.5 Å². The minimum atomic E-state index is -0.118. The Balaban J connectivity index is 1.88. The van der Waals surface area contributed by atoms with Crippen molar-refractivity contribution in [2.24, 2.45) is 10.9 Å². The fourth-order valence-electron chi connectivity index (χ4n) is 3.79. The lowest BCUT2D eigenvalue weighted by Gasteiger charge is -2.38. The van der Waals surface area contributed by atoms with E-state index in [1.807, 2.05) is 0 Å². The van der Waals surface area contributed by atoms with E-state index in [9.17, 15) is 4.79 Å². The van der Waals surface area contributed by atoms with E-state index in [0.29, 0.717) is 30.6 Å². The molecule has 1 fully saturated rings. The number of hydrogen-bond acceptors (Lipinski definition) is 5. The molecule has 168 valence electrons. The van der Waals surface area contributed by atoms with E-state index in [-0.39, 0.29) is 5.91 Å². The molecule has 1 aliphatic rings. The highest BCUT2D eigenvalue weighted by Crippen LogP contribution is 2.20. The van der Waals surface area contributed by atoms with Crippen LogP contribution in [0.5, 0.6) is 0 Å². The summed E-state index contributed by atoms with van der Waals surface area (Å²) < 4.78 is 5.54. The largest absolute Gasteiger partial charge is 0.379 e. The number of carbonyl (C=O) groups excluding carboxylic acids is 1. The molecule has 0 aromatic carbocycles. The first-order chi connectivity index (χ1) is 14.7. The quantitative estimate of drug-likeness (QED) is 0.287. The predicted octanol–water partition coefficient (Wildman–Crippen LogP) is 1.50. The molecule has 1 aromatic rings. The SMILES string of the molecule is CCNC(=NCC(C(CC)CC)N1CCOCC1)NCCNC(=O)c1cccnc1. The van der Waals surface area contributed by atoms with Gasteiger partial charge in [0.2, 0.25) is 0 Å². The Labute approximate surface area is 180 Å². The van der Waals surface area contributed by atoms with Gasteiger partial charge in [-0.25, -0.2) is 0 Å². The number of morpholine rings is 1. The predicted molar refractivity (Wildman–Crippen MR) is 121 cm³/mol. The van der Waals surface area contributed by atoms with Crippen molar-refractivity contribution in [1.82, 2.24) is 25.8 Å². The van der Waals surface area contributed by atoms with Crippen molar-refractivity contribution in [2.75, 3.05) is 52.5 Å². The van der Waals surface area contributed by atoms with Gasteiger partial charge in [-0.2, -0.15) is 0 Å². The number of carbonyl (C=O) groups is 1. The third-order valence-electron chi connectivity index (χ3n) is 5.52. The molecule has 1 atom stereocenters. The monoisotopic (exact) mass is 418 g/mol. The van der Waals surface area contributed by atoms with E-state index in [2.05, 4.69) is 46.6 Å². The fraction of sp³-hybridized carbons (Fsp3) is 0.682. The highest BCUT2D eigenvalue weighted by molar-refractivity contribution is 5.93. The first-order valence-corrected chi connectivity index (χ1v) is 11.2. The molecular formula is C22H38N6O2. The molecule has 8 heteroatoms. The lowest BCUT2D eigenvalue weighted by molar-refractivity contribution is 0.00395. The van der Waals surface area contributed by atoms with Gasteiger partial charge in [0.25, 0.3) is 5.91 Å². The first kappa shape index (κ1) is 24.1. The Kier molecular flexibility index (Phi) is 11.2. The molecule has 0 bridgehead atoms. The van der Waals surface area contributed by atoms with Crippen LogP contribution in [0, 0.1) is 5.92 Å². The molecule has 0 aliphatic carbocycles. The van der Waals surface area contributed by atoms with Gasteiger partial charge in [0.15, 0.2) is 5.96 Å². The lowest BCUT2D eigenvalue weighted by atomic mass is 9.92. The van der Waals surface area contributed by atoms with Gasteiger partial charge in [-0.05, 0) is 25.0 Å². The maximum Gasteiger partial charge on any atom is 0.252 e. The summed E-state index contributed by atoms with van der Waals surface area (Å²) in [7, 11) is 0. The molecule has 0 radical (unpaired) electrons. The number of aliphatic imine (C=N–C) groups is 1. The van der Waals surface area contributed by atoms with Crippen molar-refractivity contribution in [3.05, 3.63) is 30.1 Å². The van der Waals surface area contributed by atoms with Crippen molar-refractivity contribution in [3.63, 3.8) is 0 Å². The third-order valence-corrected chi connectivity index (χ3v) is 5.52. The molecule has 2 rings (SSSR count). The zero-order valence-electron chi connectivity index (χ0n) is 18.7. The Hall–Kier alpha value is -2.19. The van der Waals surface area contributed by atoms with E-state index in [4.69, 9.17) is 9.73 Å². The topological polar surface area (TPSA) is 90.9 Å². The number of pyridine rings is 1. The van der Waals surface area contributed by atoms with Gasteiger partial charge in [-0.3, -0.25) is 19.7 Å². The van der Waals surface area contributed by atoms with Crippen LogP contribution in [0.1, 0.15) is 44.0 Å². The van der Waals surface area contributed by atoms with Gasteiger partial charge < -0.3 is 20.7 Å². The van der Waals surface area contributed by atoms with Crippen LogP contribution in [0.3, 0.4) is 0 Å². The number of guanidine groups is 1. The summed E-state index contributed by atoms with van der Waals surface area (Å²) in [6.07, 6.45) is 5.53. The summed E-state index contributed by atoms with van der Waals surface area (Å²) in [5.41, 5.74) is 0.566. The zero-order chi connectivity index (χ0) is 21.6. The van der Waals surface area contributed by atoms with Crippen LogP contribution in [0.4, 0.5) is 0 Å². The van der Waals surface area contributed by atoms with E-state index >= 15 is 0 Å². The summed E-state index contributed by atoms with van der Waals surface area (Å²) >= 11 is 0. The average molecular weight is 419 g/mol. The Morgan fingerprint density at radius 3 is 2.53 bits per heavy atom. The van der Waals surface area contributed by atoms with Crippen molar-refractivity contribution >= 4 is 11.9 Å². The maximum absolute atomic E-state index is 12.1. The number of hydrogen-bond donors (Lipinski definition) is 3. The third kappa shape index (κ3) is 7.91. The van der Waals surface area contributed by atoms with Gasteiger partial charge >= 0.3 is 0 Å². The average Bonchev–Trinajstić information content (AvgIpc) is 2.80. The van der Waals surface area contributed by atoms with E-state index < -0.39 is 0 Å². The fourth-order valence-corrected chi connectivity index (χ4v) is 3.79. The summed E-state index contributed by atoms with van der Waals surface area (Å²) in [6.45, 7) is 12.8. The minimum absolute atomic E-state index is 0.118. The van der Waals surface area contributed by atoms with E-state index in [1.54, 1.807) is 24.5 Å². The highest BCUT2D eigenvalue weighted by atomic mass is 16.5. The van der Waals surface area contributed by atoms with Gasteiger partial charge in [0.1, 0.15) is 0 Å². The van der Waals surface area contributed by atoms with Crippen molar-refractivity contribution in [3.8, 4) is 0 Å². The van der Waals surface area contributed by atoms with Gasteiger partial charge in [0.05, 0.1) is 25.3 Å². The number of aromatic nitrogens is 1. The normalized spacial score (nSPS) is 16.3. The summed E-state index contributed by atoms with van der Waals surface area (Å²) in [4.78, 5) is 23.5. The highest BCUT2D eigenvalue weighted by Gasteiger charge is 2.26. The van der Waals surface area contributed by atoms with Crippen LogP contribution >= 0.6 is 0 Å². The number of amides is 1. The molecule has 30 heavy (non-hydrogen) atoms. The number of rotatable bonds is 11. The number of ether oxygens (including phenoxy) is 1. The van der Waals surface area contributed by atoms with Gasteiger partial charge in [-0.15, -0.1) is 0 Å². The molecule has 1 aromatic heterocycles. The molecule has 8 nitrogen and oxygen atoms in total. The summed E-state index contributed by atoms with van der Waals surface area (Å²) in [5.74, 6) is 1.29. The number of nitrogens with zero attached hydrogens (tertiary/aromatic N) is 3. The minimum Gasteiger partial charge on any atom is -0.379 e. The smallest absolute Gasteiger partial charge is 0.252 e. The first-order valence-electron chi connectivity index (χ1n) is 11.2. The summed E-state index contributed by atoms with van der Waals surface area (Å²) in [6, 6.07) is 3.93. The second-order valence-corrected chi connectivity index (χ2v) is 7.44. The molecule has 0 saturated carbocycles. The molecule has 1 unspecified atom stereocenters. The Morgan fingerprint density at radius 2 is 1.90 bits per heavy atom. The Bertz CT molecular complexity index is 630. The molecule has 3 N–H and O–H groups in total. The second-order valence-electron chi connectivity index (χ2n) is 7.44. The number of nitrogens with one attached hydrogen (secondary N) is 3. The van der Waals surface area contributed by atoms with Crippen LogP contribution in [0.2, 0.25) is 0 Å². The Morgan fingerprint density at radius 1 is 1.17 bits per heavy atom. The van der Waals surface area contributed by atoms with E-state index in [1.165, 1.54) is 0 Å². The van der Waals surface area contributed by atoms with Crippen LogP contribution in [-0.2, 0) is 4.74 Å². The van der Waals surface area contributed by atoms with Crippen LogP contribution in [-0.4, -0.2) is 80.3 Å². The molecule has 2 heterocycles. The molecule has 0 spiro atoms.